The van der Waals surface area contributed by atoms with Gasteiger partial charge in [-0.05, 0) is 0 Å². The summed E-state index contributed by atoms with van der Waals surface area (Å²) in [6.07, 6.45) is -9.90. The largest absolute Gasteiger partial charge is 0.490 e. The molecule has 0 amide bonds. The van der Waals surface area contributed by atoms with Crippen LogP contribution in [-0.2, 0) is 55.0 Å². The third-order valence-corrected chi connectivity index (χ3v) is 12.9. The Labute approximate surface area is 319 Å². The van der Waals surface area contributed by atoms with E-state index in [4.69, 9.17) is 44.2 Å². The Balaban J connectivity index is 1.07. The number of hydrogen-bond donors (Lipinski definition) is 9. The first-order valence-electron chi connectivity index (χ1n) is 16.3. The van der Waals surface area contributed by atoms with Gasteiger partial charge in [0.1, 0.15) is 42.3 Å². The number of nitrogens with zero attached hydrogens (tertiary/aromatic N) is 6. The predicted molar refractivity (Wildman–Crippen MR) is 188 cm³/mol. The van der Waals surface area contributed by atoms with Crippen LogP contribution in [0.2, 0.25) is 0 Å². The van der Waals surface area contributed by atoms with Crippen LogP contribution in [0.1, 0.15) is 6.23 Å². The number of aromatic nitrogens is 6. The highest BCUT2D eigenvalue weighted by atomic mass is 31.3. The normalized spacial score (nSPS) is 29.4. The van der Waals surface area contributed by atoms with Crippen molar-refractivity contribution in [1.29, 1.82) is 0 Å². The van der Waals surface area contributed by atoms with Crippen LogP contribution in [0.3, 0.4) is 0 Å². The number of hydrogen-bond acceptors (Lipinski definition) is 23. The number of fused-ring (bicyclic) bond motifs is 2. The first-order valence-corrected chi connectivity index (χ1v) is 20.8. The Morgan fingerprint density at radius 2 is 1.44 bits per heavy atom. The van der Waals surface area contributed by atoms with E-state index in [2.05, 4.69) is 33.5 Å². The second-order valence-electron chi connectivity index (χ2n) is 12.5. The predicted octanol–water partition coefficient (Wildman–Crippen LogP) is -2.96. The number of phosphoric acid groups is 3. The van der Waals surface area contributed by atoms with Gasteiger partial charge >= 0.3 is 23.5 Å². The van der Waals surface area contributed by atoms with E-state index in [-0.39, 0.29) is 54.4 Å². The maximum Gasteiger partial charge on any atom is 0.490 e. The second-order valence-corrected chi connectivity index (χ2v) is 17.1. The fraction of sp³-hybridized carbons (Fsp3) is 0.640. The summed E-state index contributed by atoms with van der Waals surface area (Å²) in [5.41, 5.74) is 10.1. The summed E-state index contributed by atoms with van der Waals surface area (Å²) < 4.78 is 84.8. The first kappa shape index (κ1) is 43.1. The van der Waals surface area contributed by atoms with Gasteiger partial charge in [0.25, 0.3) is 11.1 Å². The molecular weight excluding hydrogens is 837 g/mol. The average Bonchev–Trinajstić information content (AvgIpc) is 3.84. The Morgan fingerprint density at radius 1 is 0.860 bits per heavy atom. The van der Waals surface area contributed by atoms with Crippen molar-refractivity contribution < 1.29 is 79.9 Å². The Morgan fingerprint density at radius 3 is 2.05 bits per heavy atom. The number of imidazole rings is 1. The highest BCUT2D eigenvalue weighted by Gasteiger charge is 2.52. The van der Waals surface area contributed by atoms with Crippen LogP contribution in [0.5, 0.6) is 0 Å². The number of rotatable bonds is 17. The van der Waals surface area contributed by atoms with E-state index in [1.165, 1.54) is 28.6 Å². The number of phosphoric ester groups is 2. The molecule has 6 rings (SSSR count). The van der Waals surface area contributed by atoms with E-state index in [1.807, 2.05) is 0 Å². The molecule has 32 heteroatoms. The number of nitrogen functional groups attached to an aromatic ring is 2. The molecule has 57 heavy (non-hydrogen) atoms. The van der Waals surface area contributed by atoms with E-state index < -0.39 is 96.9 Å². The maximum absolute atomic E-state index is 12.8. The van der Waals surface area contributed by atoms with Crippen LogP contribution >= 0.6 is 23.5 Å². The molecule has 6 heterocycles. The van der Waals surface area contributed by atoms with E-state index in [0.29, 0.717) is 0 Å². The summed E-state index contributed by atoms with van der Waals surface area (Å²) in [6.45, 7) is -1.97. The molecule has 0 spiro atoms. The molecule has 2 saturated heterocycles. The van der Waals surface area contributed by atoms with Crippen LogP contribution in [0.25, 0.3) is 11.2 Å². The smallest absolute Gasteiger partial charge is 0.387 e. The number of aliphatic hydroxyl groups excluding tert-OH is 2. The van der Waals surface area contributed by atoms with Crippen LogP contribution < -0.4 is 32.4 Å². The van der Waals surface area contributed by atoms with Gasteiger partial charge in [0, 0.05) is 21.3 Å². The minimum Gasteiger partial charge on any atom is -0.387 e. The van der Waals surface area contributed by atoms with Gasteiger partial charge in [-0.1, -0.05) is 0 Å². The Bertz CT molecular complexity index is 2210. The van der Waals surface area contributed by atoms with Crippen LogP contribution in [0.15, 0.2) is 15.9 Å². The van der Waals surface area contributed by atoms with Crippen molar-refractivity contribution in [3.63, 3.8) is 0 Å². The lowest BCUT2D eigenvalue weighted by Gasteiger charge is -2.30. The van der Waals surface area contributed by atoms with Crippen molar-refractivity contribution in [2.24, 2.45) is 0 Å². The number of aromatic amines is 2. The van der Waals surface area contributed by atoms with Crippen LogP contribution in [0, 0.1) is 0 Å². The Kier molecular flexibility index (Phi) is 12.6. The molecule has 318 valence electrons. The number of nitrogens with two attached hydrogens (primary N) is 2. The zero-order chi connectivity index (χ0) is 41.6. The topological polar surface area (TPSA) is 403 Å². The summed E-state index contributed by atoms with van der Waals surface area (Å²) >= 11 is 0. The van der Waals surface area contributed by atoms with Crippen molar-refractivity contribution in [2.45, 2.75) is 49.1 Å². The molecule has 29 nitrogen and oxygen atoms in total. The summed E-state index contributed by atoms with van der Waals surface area (Å²) in [7, 11) is -13.1. The molecule has 2 fully saturated rings. The monoisotopic (exact) mass is 876 g/mol. The van der Waals surface area contributed by atoms with Gasteiger partial charge in [-0.3, -0.25) is 33.2 Å². The molecule has 3 aromatic rings. The molecule has 11 N–H and O–H groups in total. The number of nitrogens with one attached hydrogen (secondary N) is 2. The molecule has 0 bridgehead atoms. The SMILES string of the molecule is COCCO[C@@H]1[C@H](O)[C@@H](COP(=O)(O)OP(=O)(O)OP(=O)(O)OC[C@H]2O[C@@H](n3cnc4c(=O)[nH]c(N)nc43)[C@H](OC)[C@@H]2O)O[C@H]1N1CN(C)c2c1nc(N)[nH]c2=O. The van der Waals surface area contributed by atoms with Gasteiger partial charge in [-0.2, -0.15) is 18.6 Å². The lowest BCUT2D eigenvalue weighted by Crippen LogP contribution is -2.47. The number of anilines is 4. The van der Waals surface area contributed by atoms with E-state index in [1.54, 1.807) is 7.05 Å². The summed E-state index contributed by atoms with van der Waals surface area (Å²) in [5.74, 6) is -0.408. The molecule has 3 aromatic heterocycles. The minimum atomic E-state index is -5.99. The molecular formula is C25H39N10O19P3. The number of H-pyrrole nitrogens is 2. The molecule has 0 aliphatic carbocycles. The summed E-state index contributed by atoms with van der Waals surface area (Å²) in [4.78, 5) is 75.1. The first-order chi connectivity index (χ1) is 26.7. The van der Waals surface area contributed by atoms with E-state index >= 15 is 0 Å². The molecule has 3 aliphatic rings. The van der Waals surface area contributed by atoms with Gasteiger partial charge in [-0.25, -0.2) is 18.7 Å². The lowest BCUT2D eigenvalue weighted by molar-refractivity contribution is -0.0577. The summed E-state index contributed by atoms with van der Waals surface area (Å²) in [6, 6.07) is 0. The lowest BCUT2D eigenvalue weighted by atomic mass is 10.1. The number of aliphatic hydroxyl groups is 2. The zero-order valence-electron chi connectivity index (χ0n) is 29.9. The molecule has 0 saturated carbocycles. The molecule has 3 unspecified atom stereocenters. The number of ether oxygens (including phenoxy) is 5. The van der Waals surface area contributed by atoms with Crippen LogP contribution in [0.4, 0.5) is 23.4 Å². The minimum absolute atomic E-state index is 0.00360. The van der Waals surface area contributed by atoms with Crippen molar-refractivity contribution in [1.82, 2.24) is 29.5 Å². The fourth-order valence-electron chi connectivity index (χ4n) is 6.26. The second kappa shape index (κ2) is 16.7. The van der Waals surface area contributed by atoms with Gasteiger partial charge < -0.3 is 69.8 Å². The zero-order valence-corrected chi connectivity index (χ0v) is 32.5. The molecule has 11 atom stereocenters. The standard InChI is InChI=1S/C25H39N10O19P3/c1-33-9-35(19-13(33)21(39)32-25(27)30-19)23-17(48-5-4-46-2)15(37)11(52-23)7-50-56(42,43)54-57(44,45)53-55(40,41)49-6-10-14(36)16(47-3)22(51-10)34-8-28-12-18(34)29-24(26)31-20(12)38/h8,10-11,14-17,22-23,36-37H,4-7,9H2,1-3H3,(H,40,41)(H,42,43)(H,44,45)(H3,26,29,31,38)(H3,27,30,32,39)/t10-,11-,14-,15-,16-,17-,22-,23-/m1/s1. The van der Waals surface area contributed by atoms with Gasteiger partial charge in [0.15, 0.2) is 29.4 Å². The van der Waals surface area contributed by atoms with Crippen molar-refractivity contribution in [2.75, 3.05) is 75.6 Å². The Hall–Kier alpha value is -3.44. The van der Waals surface area contributed by atoms with E-state index in [9.17, 15) is 48.2 Å². The quantitative estimate of drug-likeness (QED) is 0.0483. The number of methoxy groups -OCH3 is 2. The molecule has 0 radical (unpaired) electrons. The van der Waals surface area contributed by atoms with Gasteiger partial charge in [0.2, 0.25) is 11.9 Å². The van der Waals surface area contributed by atoms with Gasteiger partial charge in [0.05, 0.1) is 39.4 Å². The van der Waals surface area contributed by atoms with Crippen LogP contribution in [-0.4, -0.2) is 152 Å². The molecule has 3 aliphatic heterocycles. The highest BCUT2D eigenvalue weighted by Crippen LogP contribution is 2.68. The average molecular weight is 877 g/mol. The highest BCUT2D eigenvalue weighted by molar-refractivity contribution is 7.66. The van der Waals surface area contributed by atoms with Crippen molar-refractivity contribution in [3.05, 3.63) is 27.0 Å². The third kappa shape index (κ3) is 9.24. The fourth-order valence-corrected chi connectivity index (χ4v) is 9.78. The van der Waals surface area contributed by atoms with Gasteiger partial charge in [-0.15, -0.1) is 0 Å². The molecule has 0 aromatic carbocycles. The van der Waals surface area contributed by atoms with E-state index in [0.717, 1.165) is 6.33 Å². The third-order valence-electron chi connectivity index (χ3n) is 8.66. The van der Waals surface area contributed by atoms with Crippen molar-refractivity contribution >= 4 is 58.0 Å². The van der Waals surface area contributed by atoms with Crippen molar-refractivity contribution in [3.8, 4) is 0 Å². The summed E-state index contributed by atoms with van der Waals surface area (Å²) in [5, 5.41) is 21.9. The maximum atomic E-state index is 12.8.